The molecule has 0 aromatic heterocycles. The maximum Gasteiger partial charge on any atom is 0.406 e. The van der Waals surface area contributed by atoms with Gasteiger partial charge in [-0.1, -0.05) is 13.3 Å². The van der Waals surface area contributed by atoms with E-state index in [1.54, 1.807) is 6.92 Å². The number of rotatable bonds is 5. The van der Waals surface area contributed by atoms with Crippen LogP contribution in [-0.4, -0.2) is 48.8 Å². The first kappa shape index (κ1) is 15.2. The van der Waals surface area contributed by atoms with E-state index < -0.39 is 24.3 Å². The average Bonchev–Trinajstić information content (AvgIpc) is 2.70. The molecule has 0 aromatic carbocycles. The number of hydrogen-bond donors (Lipinski definition) is 1. The Morgan fingerprint density at radius 2 is 2.11 bits per heavy atom. The number of nitrogens with zero attached hydrogens (tertiary/aromatic N) is 1. The number of unbranched alkanes of at least 4 members (excludes halogenated alkanes) is 1. The first-order valence-electron chi connectivity index (χ1n) is 6.04. The Kier molecular flexibility index (Phi) is 4.95. The monoisotopic (exact) mass is 270 g/mol. The molecule has 18 heavy (non-hydrogen) atoms. The third kappa shape index (κ3) is 4.12. The van der Waals surface area contributed by atoms with Gasteiger partial charge in [0.05, 0.1) is 0 Å². The normalized spacial score (nSPS) is 24.3. The van der Waals surface area contributed by atoms with Crippen LogP contribution in [0.1, 0.15) is 26.2 Å². The highest BCUT2D eigenvalue weighted by Crippen LogP contribution is 2.25. The van der Waals surface area contributed by atoms with E-state index in [1.807, 2.05) is 0 Å². The molecule has 1 aliphatic heterocycles. The van der Waals surface area contributed by atoms with Gasteiger partial charge in [0, 0.05) is 19.5 Å². The van der Waals surface area contributed by atoms with Crippen LogP contribution in [0.3, 0.4) is 0 Å². The molecule has 1 amide bonds. The van der Waals surface area contributed by atoms with Gasteiger partial charge < -0.3 is 10.2 Å². The molecule has 1 N–H and O–H groups in total. The van der Waals surface area contributed by atoms with Crippen LogP contribution in [0.2, 0.25) is 0 Å². The maximum absolute atomic E-state index is 14.1. The highest BCUT2D eigenvalue weighted by molar-refractivity contribution is 5.86. The summed E-state index contributed by atoms with van der Waals surface area (Å²) in [6.45, 7) is 0.485. The third-order valence-electron chi connectivity index (χ3n) is 2.93. The van der Waals surface area contributed by atoms with Crippen LogP contribution < -0.4 is 5.32 Å². The van der Waals surface area contributed by atoms with Crippen molar-refractivity contribution in [2.45, 2.75) is 38.0 Å². The van der Waals surface area contributed by atoms with E-state index in [-0.39, 0.29) is 19.5 Å². The highest BCUT2D eigenvalue weighted by Gasteiger charge is 2.46. The van der Waals surface area contributed by atoms with Crippen LogP contribution in [0.25, 0.3) is 0 Å². The van der Waals surface area contributed by atoms with Crippen molar-refractivity contribution in [2.24, 2.45) is 0 Å². The Morgan fingerprint density at radius 1 is 1.44 bits per heavy atom. The van der Waals surface area contributed by atoms with Gasteiger partial charge in [0.1, 0.15) is 6.54 Å². The first-order chi connectivity index (χ1) is 8.28. The second-order valence-corrected chi connectivity index (χ2v) is 4.59. The molecule has 0 unspecified atom stereocenters. The third-order valence-corrected chi connectivity index (χ3v) is 2.93. The van der Waals surface area contributed by atoms with E-state index in [4.69, 9.17) is 0 Å². The summed E-state index contributed by atoms with van der Waals surface area (Å²) in [6.07, 6.45) is -3.47. The number of carbonyl (C=O) groups excluding carboxylic acids is 1. The minimum absolute atomic E-state index is 0.0550. The zero-order valence-corrected chi connectivity index (χ0v) is 10.3. The Labute approximate surface area is 104 Å². The Hall–Kier alpha value is -0.850. The van der Waals surface area contributed by atoms with Crippen LogP contribution in [0.15, 0.2) is 0 Å². The van der Waals surface area contributed by atoms with Gasteiger partial charge in [-0.15, -0.1) is 0 Å². The van der Waals surface area contributed by atoms with Crippen molar-refractivity contribution in [1.29, 1.82) is 0 Å². The van der Waals surface area contributed by atoms with Crippen molar-refractivity contribution < 1.29 is 22.4 Å². The average molecular weight is 270 g/mol. The Balaban J connectivity index is 2.71. The minimum atomic E-state index is -4.49. The van der Waals surface area contributed by atoms with Crippen LogP contribution in [0, 0.1) is 0 Å². The van der Waals surface area contributed by atoms with Crippen LogP contribution >= 0.6 is 0 Å². The molecule has 0 radical (unpaired) electrons. The van der Waals surface area contributed by atoms with Crippen molar-refractivity contribution in [3.05, 3.63) is 0 Å². The minimum Gasteiger partial charge on any atom is -0.331 e. The van der Waals surface area contributed by atoms with Gasteiger partial charge in [-0.2, -0.15) is 13.2 Å². The quantitative estimate of drug-likeness (QED) is 0.774. The summed E-state index contributed by atoms with van der Waals surface area (Å²) < 4.78 is 51.3. The number of alkyl halides is 4. The number of carbonyl (C=O) groups is 1. The molecule has 3 nitrogen and oxygen atoms in total. The second-order valence-electron chi connectivity index (χ2n) is 4.59. The van der Waals surface area contributed by atoms with E-state index >= 15 is 0 Å². The lowest BCUT2D eigenvalue weighted by atomic mass is 10.0. The van der Waals surface area contributed by atoms with Gasteiger partial charge in [0.25, 0.3) is 5.91 Å². The van der Waals surface area contributed by atoms with Crippen molar-refractivity contribution >= 4 is 5.91 Å². The fourth-order valence-electron chi connectivity index (χ4n) is 1.95. The topological polar surface area (TPSA) is 32.3 Å². The Bertz CT molecular complexity index is 287. The molecule has 7 heteroatoms. The SMILES string of the molecule is CCCCN(CC(F)(F)F)C(=O)[C@@]1(F)CCNC1. The molecule has 0 aromatic rings. The molecule has 0 bridgehead atoms. The molecule has 1 aliphatic rings. The fourth-order valence-corrected chi connectivity index (χ4v) is 1.95. The van der Waals surface area contributed by atoms with Gasteiger partial charge in [-0.3, -0.25) is 4.79 Å². The molecular weight excluding hydrogens is 252 g/mol. The molecule has 1 fully saturated rings. The molecular formula is C11H18F4N2O. The van der Waals surface area contributed by atoms with E-state index in [9.17, 15) is 22.4 Å². The summed E-state index contributed by atoms with van der Waals surface area (Å²) in [6, 6.07) is 0. The summed E-state index contributed by atoms with van der Waals surface area (Å²) >= 11 is 0. The number of nitrogens with one attached hydrogen (secondary N) is 1. The summed E-state index contributed by atoms with van der Waals surface area (Å²) in [5.74, 6) is -1.04. The summed E-state index contributed by atoms with van der Waals surface area (Å²) in [7, 11) is 0. The van der Waals surface area contributed by atoms with Crippen molar-refractivity contribution in [3.8, 4) is 0 Å². The van der Waals surface area contributed by atoms with Gasteiger partial charge >= 0.3 is 6.18 Å². The molecule has 0 aliphatic carbocycles. The van der Waals surface area contributed by atoms with Crippen LogP contribution in [-0.2, 0) is 4.79 Å². The fraction of sp³-hybridized carbons (Fsp3) is 0.909. The van der Waals surface area contributed by atoms with Gasteiger partial charge in [-0.25, -0.2) is 4.39 Å². The molecule has 1 rings (SSSR count). The van der Waals surface area contributed by atoms with Crippen molar-refractivity contribution in [3.63, 3.8) is 0 Å². The smallest absolute Gasteiger partial charge is 0.331 e. The number of halogens is 4. The van der Waals surface area contributed by atoms with E-state index in [1.165, 1.54) is 0 Å². The highest BCUT2D eigenvalue weighted by atomic mass is 19.4. The molecule has 0 saturated carbocycles. The van der Waals surface area contributed by atoms with Crippen molar-refractivity contribution in [1.82, 2.24) is 10.2 Å². The van der Waals surface area contributed by atoms with Gasteiger partial charge in [0.2, 0.25) is 5.67 Å². The molecule has 1 atom stereocenters. The molecule has 1 heterocycles. The lowest BCUT2D eigenvalue weighted by Gasteiger charge is -2.29. The first-order valence-corrected chi connectivity index (χ1v) is 6.04. The van der Waals surface area contributed by atoms with Crippen LogP contribution in [0.5, 0.6) is 0 Å². The zero-order chi connectivity index (χ0) is 13.8. The Morgan fingerprint density at radius 3 is 2.56 bits per heavy atom. The maximum atomic E-state index is 14.1. The number of hydrogen-bond acceptors (Lipinski definition) is 2. The van der Waals surface area contributed by atoms with E-state index in [0.29, 0.717) is 24.3 Å². The van der Waals surface area contributed by atoms with Gasteiger partial charge in [0.15, 0.2) is 0 Å². The van der Waals surface area contributed by atoms with E-state index in [2.05, 4.69) is 5.32 Å². The summed E-state index contributed by atoms with van der Waals surface area (Å²) in [5, 5.41) is 2.66. The predicted molar refractivity (Wildman–Crippen MR) is 58.9 cm³/mol. The largest absolute Gasteiger partial charge is 0.406 e. The standard InChI is InChI=1S/C11H18F4N2O/c1-2-3-6-17(8-11(13,14)15)9(18)10(12)4-5-16-7-10/h16H,2-8H2,1H3/t10-/m1/s1. The summed E-state index contributed by atoms with van der Waals surface area (Å²) in [5.41, 5.74) is -2.18. The second kappa shape index (κ2) is 5.86. The lowest BCUT2D eigenvalue weighted by molar-refractivity contribution is -0.168. The molecule has 1 saturated heterocycles. The molecule has 0 spiro atoms. The zero-order valence-electron chi connectivity index (χ0n) is 10.3. The lowest BCUT2D eigenvalue weighted by Crippen LogP contribution is -2.50. The molecule has 106 valence electrons. The van der Waals surface area contributed by atoms with Crippen molar-refractivity contribution in [2.75, 3.05) is 26.2 Å². The predicted octanol–water partition coefficient (Wildman–Crippen LogP) is 1.88. The number of amides is 1. The van der Waals surface area contributed by atoms with E-state index in [0.717, 1.165) is 0 Å². The summed E-state index contributed by atoms with van der Waals surface area (Å²) in [4.78, 5) is 12.5. The van der Waals surface area contributed by atoms with Crippen LogP contribution in [0.4, 0.5) is 17.6 Å². The van der Waals surface area contributed by atoms with Gasteiger partial charge in [-0.05, 0) is 13.0 Å².